The minimum Gasteiger partial charge on any atom is -0.491 e. The van der Waals surface area contributed by atoms with E-state index in [4.69, 9.17) is 19.6 Å². The molecule has 7 heteroatoms. The number of rotatable bonds is 8. The van der Waals surface area contributed by atoms with Gasteiger partial charge in [0.25, 0.3) is 0 Å². The Morgan fingerprint density at radius 2 is 1.90 bits per heavy atom. The van der Waals surface area contributed by atoms with Gasteiger partial charge in [-0.25, -0.2) is 4.79 Å². The lowest BCUT2D eigenvalue weighted by Gasteiger charge is -2.29. The summed E-state index contributed by atoms with van der Waals surface area (Å²) in [6, 6.07) is 14.8. The Balaban J connectivity index is 1.59. The number of nitrogens with zero attached hydrogens (tertiary/aromatic N) is 1. The molecule has 0 aliphatic rings. The maximum atomic E-state index is 12.7. The van der Waals surface area contributed by atoms with Gasteiger partial charge in [-0.3, -0.25) is 0 Å². The predicted molar refractivity (Wildman–Crippen MR) is 120 cm³/mol. The highest BCUT2D eigenvalue weighted by Crippen LogP contribution is 2.22. The molecule has 2 aromatic carbocycles. The topological polar surface area (TPSA) is 98.2 Å². The second kappa shape index (κ2) is 9.75. The van der Waals surface area contributed by atoms with Crippen molar-refractivity contribution in [2.75, 3.05) is 25.4 Å². The summed E-state index contributed by atoms with van der Waals surface area (Å²) >= 11 is 0. The Morgan fingerprint density at radius 1 is 1.16 bits per heavy atom. The van der Waals surface area contributed by atoms with Crippen molar-refractivity contribution >= 4 is 22.7 Å². The molecule has 0 aliphatic carbocycles. The molecule has 0 radical (unpaired) electrons. The maximum Gasteiger partial charge on any atom is 0.410 e. The Hall–Kier alpha value is -3.19. The Labute approximate surface area is 182 Å². The molecule has 3 rings (SSSR count). The summed E-state index contributed by atoms with van der Waals surface area (Å²) in [5.41, 5.74) is 7.61. The van der Waals surface area contributed by atoms with E-state index in [2.05, 4.69) is 0 Å². The number of hydrogen-bond donors (Lipinski definition) is 2. The van der Waals surface area contributed by atoms with Crippen molar-refractivity contribution in [1.82, 2.24) is 4.90 Å². The van der Waals surface area contributed by atoms with Gasteiger partial charge in [-0.2, -0.15) is 0 Å². The third-order valence-electron chi connectivity index (χ3n) is 4.60. The Kier molecular flexibility index (Phi) is 7.07. The Bertz CT molecular complexity index is 991. The van der Waals surface area contributed by atoms with E-state index in [1.165, 1.54) is 4.90 Å². The van der Waals surface area contributed by atoms with E-state index in [0.29, 0.717) is 24.4 Å². The summed E-state index contributed by atoms with van der Waals surface area (Å²) < 4.78 is 16.6. The van der Waals surface area contributed by atoms with Crippen molar-refractivity contribution in [2.45, 2.75) is 38.9 Å². The summed E-state index contributed by atoms with van der Waals surface area (Å²) in [5.74, 6) is 0.624. The standard InChI is InChI=1S/C24H30N2O5/c1-24(2,3)31-23(28)26(12-10-17-4-6-19(25)7-5-17)15-20(27)16-30-21-8-9-22-18(14-21)11-13-29-22/h4-9,11,13-14,20,27H,10,12,15-16,25H2,1-3H3/t20-/m0/s1. The largest absolute Gasteiger partial charge is 0.491 e. The highest BCUT2D eigenvalue weighted by molar-refractivity contribution is 5.78. The lowest BCUT2D eigenvalue weighted by molar-refractivity contribution is 0.00945. The number of furan rings is 1. The molecule has 0 bridgehead atoms. The van der Waals surface area contributed by atoms with Gasteiger partial charge in [-0.1, -0.05) is 12.1 Å². The first-order valence-corrected chi connectivity index (χ1v) is 10.3. The van der Waals surface area contributed by atoms with Crippen LogP contribution in [0.2, 0.25) is 0 Å². The lowest BCUT2D eigenvalue weighted by atomic mass is 10.1. The smallest absolute Gasteiger partial charge is 0.410 e. The summed E-state index contributed by atoms with van der Waals surface area (Å²) in [5, 5.41) is 11.4. The van der Waals surface area contributed by atoms with Crippen LogP contribution in [0.25, 0.3) is 11.0 Å². The highest BCUT2D eigenvalue weighted by Gasteiger charge is 2.24. The number of aliphatic hydroxyl groups excluding tert-OH is 1. The third-order valence-corrected chi connectivity index (χ3v) is 4.60. The first-order valence-electron chi connectivity index (χ1n) is 10.3. The summed E-state index contributed by atoms with van der Waals surface area (Å²) in [6.07, 6.45) is 0.883. The van der Waals surface area contributed by atoms with Crippen molar-refractivity contribution in [2.24, 2.45) is 0 Å². The predicted octanol–water partition coefficient (Wildman–Crippen LogP) is 4.23. The number of fused-ring (bicyclic) bond motifs is 1. The van der Waals surface area contributed by atoms with Crippen LogP contribution in [0.4, 0.5) is 10.5 Å². The number of benzene rings is 2. The van der Waals surface area contributed by atoms with E-state index < -0.39 is 17.8 Å². The number of ether oxygens (including phenoxy) is 2. The molecule has 0 aliphatic heterocycles. The molecule has 1 amide bonds. The number of nitrogen functional groups attached to an aromatic ring is 1. The van der Waals surface area contributed by atoms with E-state index in [1.54, 1.807) is 12.3 Å². The van der Waals surface area contributed by atoms with Crippen molar-refractivity contribution in [3.05, 3.63) is 60.4 Å². The minimum atomic E-state index is -0.876. The van der Waals surface area contributed by atoms with Crippen molar-refractivity contribution in [3.8, 4) is 5.75 Å². The van der Waals surface area contributed by atoms with Crippen LogP contribution >= 0.6 is 0 Å². The number of carbonyl (C=O) groups excluding carboxylic acids is 1. The molecule has 7 nitrogen and oxygen atoms in total. The molecule has 0 saturated carbocycles. The lowest BCUT2D eigenvalue weighted by Crippen LogP contribution is -2.43. The highest BCUT2D eigenvalue weighted by atomic mass is 16.6. The van der Waals surface area contributed by atoms with Crippen LogP contribution in [-0.2, 0) is 11.2 Å². The number of hydrogen-bond acceptors (Lipinski definition) is 6. The van der Waals surface area contributed by atoms with E-state index in [0.717, 1.165) is 16.5 Å². The van der Waals surface area contributed by atoms with Gasteiger partial charge in [0, 0.05) is 17.6 Å². The zero-order chi connectivity index (χ0) is 22.4. The average molecular weight is 427 g/mol. The quantitative estimate of drug-likeness (QED) is 0.523. The molecule has 0 saturated heterocycles. The van der Waals surface area contributed by atoms with E-state index in [1.807, 2.05) is 63.2 Å². The van der Waals surface area contributed by atoms with Crippen molar-refractivity contribution < 1.29 is 23.8 Å². The van der Waals surface area contributed by atoms with Crippen molar-refractivity contribution in [1.29, 1.82) is 0 Å². The monoisotopic (exact) mass is 426 g/mol. The van der Waals surface area contributed by atoms with Gasteiger partial charge in [0.15, 0.2) is 0 Å². The molecular weight excluding hydrogens is 396 g/mol. The molecule has 0 unspecified atom stereocenters. The van der Waals surface area contributed by atoms with Crippen LogP contribution in [0.1, 0.15) is 26.3 Å². The first kappa shape index (κ1) is 22.5. The maximum absolute atomic E-state index is 12.7. The summed E-state index contributed by atoms with van der Waals surface area (Å²) in [7, 11) is 0. The SMILES string of the molecule is CC(C)(C)OC(=O)N(CCc1ccc(N)cc1)C[C@H](O)COc1ccc2occc2c1. The fourth-order valence-electron chi connectivity index (χ4n) is 3.07. The van der Waals surface area contributed by atoms with E-state index in [9.17, 15) is 9.90 Å². The normalized spacial score (nSPS) is 12.5. The van der Waals surface area contributed by atoms with Gasteiger partial charge in [0.2, 0.25) is 0 Å². The van der Waals surface area contributed by atoms with Crippen LogP contribution in [0, 0.1) is 0 Å². The first-order chi connectivity index (χ1) is 14.7. The Morgan fingerprint density at radius 3 is 2.61 bits per heavy atom. The second-order valence-corrected chi connectivity index (χ2v) is 8.50. The zero-order valence-electron chi connectivity index (χ0n) is 18.2. The number of carbonyl (C=O) groups is 1. The van der Waals surface area contributed by atoms with Crippen LogP contribution in [0.15, 0.2) is 59.2 Å². The van der Waals surface area contributed by atoms with Gasteiger partial charge in [-0.05, 0) is 69.2 Å². The van der Waals surface area contributed by atoms with Crippen LogP contribution in [0.3, 0.4) is 0 Å². The summed E-state index contributed by atoms with van der Waals surface area (Å²) in [6.45, 7) is 5.98. The molecule has 3 aromatic rings. The third kappa shape index (κ3) is 6.93. The molecule has 166 valence electrons. The number of aliphatic hydroxyl groups is 1. The van der Waals surface area contributed by atoms with Crippen LogP contribution in [0.5, 0.6) is 5.75 Å². The van der Waals surface area contributed by atoms with E-state index >= 15 is 0 Å². The van der Waals surface area contributed by atoms with Gasteiger partial charge in [-0.15, -0.1) is 0 Å². The molecule has 1 atom stereocenters. The van der Waals surface area contributed by atoms with Gasteiger partial charge in [0.05, 0.1) is 12.8 Å². The summed E-state index contributed by atoms with van der Waals surface area (Å²) in [4.78, 5) is 14.2. The van der Waals surface area contributed by atoms with Gasteiger partial charge < -0.3 is 29.6 Å². The van der Waals surface area contributed by atoms with Crippen LogP contribution < -0.4 is 10.5 Å². The van der Waals surface area contributed by atoms with Crippen molar-refractivity contribution in [3.63, 3.8) is 0 Å². The number of anilines is 1. The number of amides is 1. The average Bonchev–Trinajstić information content (AvgIpc) is 3.17. The van der Waals surface area contributed by atoms with Gasteiger partial charge in [0.1, 0.15) is 29.6 Å². The fraction of sp³-hybridized carbons (Fsp3) is 0.375. The molecule has 1 heterocycles. The molecule has 1 aromatic heterocycles. The van der Waals surface area contributed by atoms with E-state index in [-0.39, 0.29) is 13.2 Å². The number of nitrogens with two attached hydrogens (primary N) is 1. The minimum absolute atomic E-state index is 0.0462. The molecule has 0 fully saturated rings. The molecular formula is C24H30N2O5. The molecule has 0 spiro atoms. The van der Waals surface area contributed by atoms with Crippen LogP contribution in [-0.4, -0.2) is 47.5 Å². The molecule has 3 N–H and O–H groups in total. The fourth-order valence-corrected chi connectivity index (χ4v) is 3.07. The van der Waals surface area contributed by atoms with Gasteiger partial charge >= 0.3 is 6.09 Å². The second-order valence-electron chi connectivity index (χ2n) is 8.50. The zero-order valence-corrected chi connectivity index (χ0v) is 18.2. The molecule has 31 heavy (non-hydrogen) atoms.